The lowest BCUT2D eigenvalue weighted by Crippen LogP contribution is -2.41. The van der Waals surface area contributed by atoms with Crippen LogP contribution in [0, 0.1) is 0 Å². The number of hydrogen-bond donors (Lipinski definition) is 3. The van der Waals surface area contributed by atoms with Crippen molar-refractivity contribution in [1.29, 1.82) is 0 Å². The molecule has 1 fully saturated rings. The van der Waals surface area contributed by atoms with Gasteiger partial charge in [0, 0.05) is 55.7 Å². The number of urea groups is 1. The minimum Gasteiger partial charge on any atom is -0.457 e. The quantitative estimate of drug-likeness (QED) is 0.235. The maximum Gasteiger partial charge on any atom is 0.324 e. The zero-order valence-corrected chi connectivity index (χ0v) is 25.4. The molecule has 11 heteroatoms. The molecule has 3 N–H and O–H groups in total. The number of rotatable bonds is 10. The van der Waals surface area contributed by atoms with E-state index < -0.39 is 6.03 Å². The molecule has 3 amide bonds. The molecule has 230 valence electrons. The highest BCUT2D eigenvalue weighted by molar-refractivity contribution is 5.99. The minimum atomic E-state index is -0.403. The Morgan fingerprint density at radius 1 is 0.909 bits per heavy atom. The summed E-state index contributed by atoms with van der Waals surface area (Å²) >= 11 is 0. The van der Waals surface area contributed by atoms with E-state index in [2.05, 4.69) is 46.6 Å². The summed E-state index contributed by atoms with van der Waals surface area (Å²) in [5.41, 5.74) is 2.87. The lowest BCUT2D eigenvalue weighted by Gasteiger charge is -2.26. The van der Waals surface area contributed by atoms with Crippen LogP contribution in [-0.2, 0) is 21.4 Å². The van der Waals surface area contributed by atoms with Crippen molar-refractivity contribution < 1.29 is 19.1 Å². The molecule has 11 nitrogen and oxygen atoms in total. The predicted molar refractivity (Wildman–Crippen MR) is 170 cm³/mol. The molecule has 3 heterocycles. The van der Waals surface area contributed by atoms with Gasteiger partial charge in [0.25, 0.3) is 0 Å². The highest BCUT2D eigenvalue weighted by Crippen LogP contribution is 2.27. The fourth-order valence-electron chi connectivity index (χ4n) is 4.64. The van der Waals surface area contributed by atoms with Gasteiger partial charge in [0.2, 0.25) is 5.91 Å². The Hall–Kier alpha value is -4.74. The van der Waals surface area contributed by atoms with Crippen LogP contribution in [-0.4, -0.2) is 71.0 Å². The number of nitrogens with zero attached hydrogens (tertiary/aromatic N) is 4. The second kappa shape index (κ2) is 14.2. The molecule has 5 rings (SSSR count). The summed E-state index contributed by atoms with van der Waals surface area (Å²) < 4.78 is 12.9. The van der Waals surface area contributed by atoms with Gasteiger partial charge in [0.15, 0.2) is 0 Å². The summed E-state index contributed by atoms with van der Waals surface area (Å²) in [6, 6.07) is 19.7. The number of anilines is 2. The Kier molecular flexibility index (Phi) is 9.88. The van der Waals surface area contributed by atoms with Gasteiger partial charge in [-0.15, -0.1) is 0 Å². The Morgan fingerprint density at radius 2 is 1.59 bits per heavy atom. The van der Waals surface area contributed by atoms with Gasteiger partial charge in [-0.25, -0.2) is 9.48 Å². The summed E-state index contributed by atoms with van der Waals surface area (Å²) in [4.78, 5) is 31.8. The second-order valence-electron chi connectivity index (χ2n) is 11.6. The van der Waals surface area contributed by atoms with E-state index in [9.17, 15) is 9.59 Å². The number of carbonyl (C=O) groups is 2. The molecule has 2 aromatic heterocycles. The van der Waals surface area contributed by atoms with Crippen LogP contribution in [0.2, 0.25) is 0 Å². The van der Waals surface area contributed by atoms with Gasteiger partial charge < -0.3 is 20.1 Å². The first-order valence-electron chi connectivity index (χ1n) is 14.8. The fraction of sp³-hybridized carbons (Fsp3) is 0.333. The third-order valence-corrected chi connectivity index (χ3v) is 7.12. The molecule has 1 aliphatic heterocycles. The summed E-state index contributed by atoms with van der Waals surface area (Å²) in [7, 11) is 0. The summed E-state index contributed by atoms with van der Waals surface area (Å²) in [5, 5.41) is 13.6. The van der Waals surface area contributed by atoms with Gasteiger partial charge in [-0.2, -0.15) is 5.10 Å². The molecule has 1 saturated heterocycles. The van der Waals surface area contributed by atoms with Gasteiger partial charge in [-0.1, -0.05) is 32.9 Å². The van der Waals surface area contributed by atoms with Crippen molar-refractivity contribution in [2.45, 2.75) is 32.6 Å². The van der Waals surface area contributed by atoms with Crippen molar-refractivity contribution in [2.24, 2.45) is 0 Å². The molecule has 4 aromatic rings. The molecule has 0 aliphatic carbocycles. The highest BCUT2D eigenvalue weighted by atomic mass is 16.5. The monoisotopic (exact) mass is 597 g/mol. The van der Waals surface area contributed by atoms with Crippen LogP contribution in [0.25, 0.3) is 5.69 Å². The molecular weight excluding hydrogens is 558 g/mol. The molecular formula is C33H39N7O4. The van der Waals surface area contributed by atoms with E-state index in [1.54, 1.807) is 53.5 Å². The average Bonchev–Trinajstić information content (AvgIpc) is 3.44. The van der Waals surface area contributed by atoms with Crippen LogP contribution in [0.15, 0.2) is 79.1 Å². The first kappa shape index (κ1) is 30.7. The van der Waals surface area contributed by atoms with Crippen molar-refractivity contribution in [2.75, 3.05) is 50.0 Å². The Labute approximate surface area is 257 Å². The number of hydrogen-bond acceptors (Lipinski definition) is 7. The standard InChI is InChI=1S/C33H39N7O4/c1-33(2,3)29-23-30(37-32(42)36-25-6-10-27(11-7-25)44-28-12-14-34-15-13-28)40(38-29)26-8-4-24(5-9-26)22-31(41)35-16-17-39-18-20-43-21-19-39/h4-15,23H,16-22H2,1-3H3,(H,35,41)(H2,36,37,42). The third-order valence-electron chi connectivity index (χ3n) is 7.12. The molecule has 1 aliphatic rings. The van der Waals surface area contributed by atoms with Gasteiger partial charge in [-0.3, -0.25) is 20.0 Å². The largest absolute Gasteiger partial charge is 0.457 e. The van der Waals surface area contributed by atoms with Gasteiger partial charge in [-0.05, 0) is 54.1 Å². The Balaban J connectivity index is 1.20. The SMILES string of the molecule is CC(C)(C)c1cc(NC(=O)Nc2ccc(Oc3ccncc3)cc2)n(-c2ccc(CC(=O)NCCN3CCOCC3)cc2)n1. The zero-order valence-electron chi connectivity index (χ0n) is 25.4. The number of morpholine rings is 1. The number of aromatic nitrogens is 3. The maximum atomic E-state index is 13.0. The van der Waals surface area contributed by atoms with E-state index in [1.807, 2.05) is 30.3 Å². The number of nitrogens with one attached hydrogen (secondary N) is 3. The van der Waals surface area contributed by atoms with Gasteiger partial charge in [0.05, 0.1) is 31.0 Å². The van der Waals surface area contributed by atoms with Crippen LogP contribution in [0.4, 0.5) is 16.3 Å². The third kappa shape index (κ3) is 8.65. The van der Waals surface area contributed by atoms with Crippen LogP contribution in [0.1, 0.15) is 32.0 Å². The first-order chi connectivity index (χ1) is 21.2. The molecule has 0 spiro atoms. The number of carbonyl (C=O) groups excluding carboxylic acids is 2. The van der Waals surface area contributed by atoms with Crippen LogP contribution >= 0.6 is 0 Å². The van der Waals surface area contributed by atoms with E-state index in [0.717, 1.165) is 49.8 Å². The van der Waals surface area contributed by atoms with Crippen LogP contribution in [0.3, 0.4) is 0 Å². The fourth-order valence-corrected chi connectivity index (χ4v) is 4.64. The van der Waals surface area contributed by atoms with Crippen molar-refractivity contribution in [3.05, 3.63) is 90.4 Å². The van der Waals surface area contributed by atoms with E-state index in [0.29, 0.717) is 29.5 Å². The molecule has 0 atom stereocenters. The first-order valence-corrected chi connectivity index (χ1v) is 14.8. The number of ether oxygens (including phenoxy) is 2. The van der Waals surface area contributed by atoms with Crippen LogP contribution < -0.4 is 20.7 Å². The highest BCUT2D eigenvalue weighted by Gasteiger charge is 2.22. The number of pyridine rings is 1. The summed E-state index contributed by atoms with van der Waals surface area (Å²) in [6.45, 7) is 10.9. The zero-order chi connectivity index (χ0) is 30.9. The molecule has 2 aromatic carbocycles. The van der Waals surface area contributed by atoms with Crippen molar-refractivity contribution in [3.8, 4) is 17.2 Å². The van der Waals surface area contributed by atoms with E-state index in [1.165, 1.54) is 0 Å². The molecule has 0 bridgehead atoms. The normalized spacial score (nSPS) is 13.7. The smallest absolute Gasteiger partial charge is 0.324 e. The Morgan fingerprint density at radius 3 is 2.27 bits per heavy atom. The summed E-state index contributed by atoms with van der Waals surface area (Å²) in [5.74, 6) is 1.83. The van der Waals surface area contributed by atoms with E-state index in [4.69, 9.17) is 14.6 Å². The average molecular weight is 598 g/mol. The van der Waals surface area contributed by atoms with Crippen molar-refractivity contribution in [1.82, 2.24) is 25.0 Å². The molecule has 0 radical (unpaired) electrons. The van der Waals surface area contributed by atoms with Gasteiger partial charge >= 0.3 is 6.03 Å². The topological polar surface area (TPSA) is 123 Å². The van der Waals surface area contributed by atoms with E-state index in [-0.39, 0.29) is 17.7 Å². The molecule has 44 heavy (non-hydrogen) atoms. The maximum absolute atomic E-state index is 13.0. The summed E-state index contributed by atoms with van der Waals surface area (Å²) in [6.07, 6.45) is 3.61. The number of benzene rings is 2. The van der Waals surface area contributed by atoms with Crippen molar-refractivity contribution >= 4 is 23.4 Å². The van der Waals surface area contributed by atoms with Crippen LogP contribution in [0.5, 0.6) is 11.5 Å². The number of amides is 3. The minimum absolute atomic E-state index is 0.0175. The Bertz CT molecular complexity index is 1530. The van der Waals surface area contributed by atoms with Crippen molar-refractivity contribution in [3.63, 3.8) is 0 Å². The predicted octanol–water partition coefficient (Wildman–Crippen LogP) is 4.99. The second-order valence-corrected chi connectivity index (χ2v) is 11.6. The van der Waals surface area contributed by atoms with Gasteiger partial charge in [0.1, 0.15) is 17.3 Å². The molecule has 0 saturated carbocycles. The molecule has 0 unspecified atom stereocenters. The van der Waals surface area contributed by atoms with E-state index >= 15 is 0 Å². The lowest BCUT2D eigenvalue weighted by atomic mass is 9.92. The lowest BCUT2D eigenvalue weighted by molar-refractivity contribution is -0.120.